The van der Waals surface area contributed by atoms with Crippen molar-refractivity contribution in [3.8, 4) is 5.75 Å². The maximum absolute atomic E-state index is 12.3. The van der Waals surface area contributed by atoms with E-state index < -0.39 is 21.7 Å². The molecule has 2 aromatic heterocycles. The lowest BCUT2D eigenvalue weighted by Gasteiger charge is -2.28. The quantitative estimate of drug-likeness (QED) is 0.816. The van der Waals surface area contributed by atoms with Crippen LogP contribution in [0.1, 0.15) is 23.3 Å². The van der Waals surface area contributed by atoms with Gasteiger partial charge in [0.2, 0.25) is 10.0 Å². The van der Waals surface area contributed by atoms with Crippen molar-refractivity contribution < 1.29 is 23.1 Å². The standard InChI is InChI=1S/C14H15N3O5S/c1-22-14(19)11-12(18)10-9(5-4-6-15-10)13(16-11)17-7-2-3-8-23(17,20)21/h4-6,18H,2-3,7-8H2,1H3. The van der Waals surface area contributed by atoms with Gasteiger partial charge >= 0.3 is 5.97 Å². The molecule has 1 saturated heterocycles. The molecule has 0 saturated carbocycles. The SMILES string of the molecule is COC(=O)c1nc(N2CCCCS2(=O)=O)c2cccnc2c1O. The van der Waals surface area contributed by atoms with Gasteiger partial charge in [-0.3, -0.25) is 9.29 Å². The monoisotopic (exact) mass is 337 g/mol. The molecule has 23 heavy (non-hydrogen) atoms. The molecule has 0 unspecified atom stereocenters. The number of carbonyl (C=O) groups excluding carboxylic acids is 1. The molecule has 3 rings (SSSR count). The predicted octanol–water partition coefficient (Wildman–Crippen LogP) is 1.05. The van der Waals surface area contributed by atoms with Crippen molar-refractivity contribution in [3.63, 3.8) is 0 Å². The molecule has 0 atom stereocenters. The van der Waals surface area contributed by atoms with Crippen LogP contribution < -0.4 is 4.31 Å². The van der Waals surface area contributed by atoms with Crippen LogP contribution in [0.2, 0.25) is 0 Å². The zero-order valence-corrected chi connectivity index (χ0v) is 13.2. The fourth-order valence-electron chi connectivity index (χ4n) is 2.56. The van der Waals surface area contributed by atoms with Crippen molar-refractivity contribution in [3.05, 3.63) is 24.0 Å². The van der Waals surface area contributed by atoms with Crippen LogP contribution in [0.5, 0.6) is 5.75 Å². The van der Waals surface area contributed by atoms with E-state index in [1.807, 2.05) is 0 Å². The average molecular weight is 337 g/mol. The second-order valence-electron chi connectivity index (χ2n) is 5.12. The van der Waals surface area contributed by atoms with Crippen LogP contribution in [0, 0.1) is 0 Å². The maximum Gasteiger partial charge on any atom is 0.360 e. The Kier molecular flexibility index (Phi) is 3.80. The summed E-state index contributed by atoms with van der Waals surface area (Å²) in [6.07, 6.45) is 2.71. The van der Waals surface area contributed by atoms with Gasteiger partial charge in [0.25, 0.3) is 0 Å². The molecule has 0 aliphatic carbocycles. The highest BCUT2D eigenvalue weighted by atomic mass is 32.2. The molecule has 1 aliphatic heterocycles. The summed E-state index contributed by atoms with van der Waals surface area (Å²) >= 11 is 0. The first-order valence-corrected chi connectivity index (χ1v) is 8.63. The van der Waals surface area contributed by atoms with Crippen molar-refractivity contribution in [1.82, 2.24) is 9.97 Å². The lowest BCUT2D eigenvalue weighted by molar-refractivity contribution is 0.0591. The number of rotatable bonds is 2. The summed E-state index contributed by atoms with van der Waals surface area (Å²) < 4.78 is 30.5. The highest BCUT2D eigenvalue weighted by Crippen LogP contribution is 2.35. The number of nitrogens with zero attached hydrogens (tertiary/aromatic N) is 3. The summed E-state index contributed by atoms with van der Waals surface area (Å²) in [7, 11) is -2.36. The van der Waals surface area contributed by atoms with Gasteiger partial charge < -0.3 is 9.84 Å². The van der Waals surface area contributed by atoms with E-state index in [1.165, 1.54) is 10.5 Å². The number of methoxy groups -OCH3 is 1. The number of esters is 1. The number of pyridine rings is 2. The molecule has 1 aliphatic rings. The predicted molar refractivity (Wildman–Crippen MR) is 82.9 cm³/mol. The number of hydrogen-bond acceptors (Lipinski definition) is 7. The molecule has 1 N–H and O–H groups in total. The minimum absolute atomic E-state index is 0.0187. The van der Waals surface area contributed by atoms with E-state index in [1.54, 1.807) is 12.1 Å². The van der Waals surface area contributed by atoms with Crippen molar-refractivity contribution in [2.24, 2.45) is 0 Å². The van der Waals surface area contributed by atoms with Gasteiger partial charge in [-0.05, 0) is 25.0 Å². The average Bonchev–Trinajstić information content (AvgIpc) is 2.55. The molecule has 9 heteroatoms. The fourth-order valence-corrected chi connectivity index (χ4v) is 4.16. The Hall–Kier alpha value is -2.42. The van der Waals surface area contributed by atoms with Crippen LogP contribution >= 0.6 is 0 Å². The first-order chi connectivity index (χ1) is 11.0. The molecule has 0 amide bonds. The van der Waals surface area contributed by atoms with Crippen LogP contribution in [0.25, 0.3) is 10.9 Å². The van der Waals surface area contributed by atoms with Gasteiger partial charge in [0.05, 0.1) is 12.9 Å². The van der Waals surface area contributed by atoms with E-state index in [0.717, 1.165) is 7.11 Å². The van der Waals surface area contributed by atoms with Gasteiger partial charge in [-0.2, -0.15) is 0 Å². The van der Waals surface area contributed by atoms with Crippen molar-refractivity contribution >= 4 is 32.7 Å². The minimum atomic E-state index is -3.52. The van der Waals surface area contributed by atoms with Crippen LogP contribution in [0.15, 0.2) is 18.3 Å². The topological polar surface area (TPSA) is 110 Å². The molecule has 0 radical (unpaired) electrons. The molecule has 3 heterocycles. The first kappa shape index (κ1) is 15.5. The largest absolute Gasteiger partial charge is 0.504 e. The summed E-state index contributed by atoms with van der Waals surface area (Å²) in [5, 5.41) is 10.6. The number of fused-ring (bicyclic) bond motifs is 1. The van der Waals surface area contributed by atoms with Crippen LogP contribution in [0.3, 0.4) is 0 Å². The van der Waals surface area contributed by atoms with E-state index in [9.17, 15) is 18.3 Å². The van der Waals surface area contributed by atoms with E-state index in [2.05, 4.69) is 14.7 Å². The number of aromatic hydroxyl groups is 1. The Bertz CT molecular complexity index is 881. The summed E-state index contributed by atoms with van der Waals surface area (Å²) in [5.41, 5.74) is -0.242. The lowest BCUT2D eigenvalue weighted by Crippen LogP contribution is -2.38. The molecule has 8 nitrogen and oxygen atoms in total. The van der Waals surface area contributed by atoms with E-state index in [4.69, 9.17) is 0 Å². The highest BCUT2D eigenvalue weighted by Gasteiger charge is 2.31. The van der Waals surface area contributed by atoms with E-state index in [0.29, 0.717) is 18.2 Å². The summed E-state index contributed by atoms with van der Waals surface area (Å²) in [6, 6.07) is 3.22. The summed E-state index contributed by atoms with van der Waals surface area (Å²) in [4.78, 5) is 19.9. The second-order valence-corrected chi connectivity index (χ2v) is 7.13. The second kappa shape index (κ2) is 5.65. The molecule has 2 aromatic rings. The van der Waals surface area contributed by atoms with Crippen LogP contribution in [-0.4, -0.2) is 48.9 Å². The minimum Gasteiger partial charge on any atom is -0.504 e. The number of hydrogen-bond donors (Lipinski definition) is 1. The van der Waals surface area contributed by atoms with Crippen molar-refractivity contribution in [2.75, 3.05) is 23.7 Å². The van der Waals surface area contributed by atoms with Crippen LogP contribution in [-0.2, 0) is 14.8 Å². The third-order valence-electron chi connectivity index (χ3n) is 3.68. The number of anilines is 1. The first-order valence-electron chi connectivity index (χ1n) is 7.02. The Morgan fingerprint density at radius 1 is 1.39 bits per heavy atom. The zero-order valence-electron chi connectivity index (χ0n) is 12.4. The van der Waals surface area contributed by atoms with Gasteiger partial charge in [0.1, 0.15) is 5.52 Å². The van der Waals surface area contributed by atoms with Gasteiger partial charge in [-0.1, -0.05) is 0 Å². The zero-order chi connectivity index (χ0) is 16.6. The van der Waals surface area contributed by atoms with Crippen LogP contribution in [0.4, 0.5) is 5.82 Å². The smallest absolute Gasteiger partial charge is 0.360 e. The Labute approximate surface area is 132 Å². The number of ether oxygens (including phenoxy) is 1. The van der Waals surface area contributed by atoms with Gasteiger partial charge in [-0.25, -0.2) is 18.2 Å². The van der Waals surface area contributed by atoms with Gasteiger partial charge in [0.15, 0.2) is 17.3 Å². The molecule has 0 spiro atoms. The number of carbonyl (C=O) groups is 1. The summed E-state index contributed by atoms with van der Waals surface area (Å²) in [6.45, 7) is 0.269. The van der Waals surface area contributed by atoms with E-state index >= 15 is 0 Å². The molecule has 1 fully saturated rings. The van der Waals surface area contributed by atoms with E-state index in [-0.39, 0.29) is 29.3 Å². The molecular weight excluding hydrogens is 322 g/mol. The highest BCUT2D eigenvalue weighted by molar-refractivity contribution is 7.92. The third kappa shape index (κ3) is 2.56. The number of sulfonamides is 1. The normalized spacial score (nSPS) is 17.2. The molecule has 122 valence electrons. The molecule has 0 aromatic carbocycles. The van der Waals surface area contributed by atoms with Crippen molar-refractivity contribution in [1.29, 1.82) is 0 Å². The fraction of sp³-hybridized carbons (Fsp3) is 0.357. The lowest BCUT2D eigenvalue weighted by atomic mass is 10.2. The number of aromatic nitrogens is 2. The van der Waals surface area contributed by atoms with Gasteiger partial charge in [0, 0.05) is 18.1 Å². The third-order valence-corrected chi connectivity index (χ3v) is 5.51. The van der Waals surface area contributed by atoms with Crippen molar-refractivity contribution in [2.45, 2.75) is 12.8 Å². The maximum atomic E-state index is 12.3. The summed E-state index contributed by atoms with van der Waals surface area (Å²) in [5.74, 6) is -1.17. The van der Waals surface area contributed by atoms with Gasteiger partial charge in [-0.15, -0.1) is 0 Å². The molecule has 0 bridgehead atoms. The molecular formula is C14H15N3O5S. The Morgan fingerprint density at radius 3 is 2.87 bits per heavy atom. The Morgan fingerprint density at radius 2 is 2.17 bits per heavy atom. The Balaban J connectivity index is 2.31.